The van der Waals surface area contributed by atoms with E-state index >= 15 is 0 Å². The Kier molecular flexibility index (Phi) is 6.55. The smallest absolute Gasteiger partial charge is 0.214 e. The molecule has 108 valence electrons. The van der Waals surface area contributed by atoms with Crippen LogP contribution >= 0.6 is 0 Å². The minimum absolute atomic E-state index is 0.0313. The van der Waals surface area contributed by atoms with Crippen LogP contribution in [0.1, 0.15) is 33.1 Å². The summed E-state index contributed by atoms with van der Waals surface area (Å²) in [5.41, 5.74) is 0. The van der Waals surface area contributed by atoms with Crippen LogP contribution in [0.4, 0.5) is 0 Å². The molecule has 1 atom stereocenters. The zero-order chi connectivity index (χ0) is 13.6. The van der Waals surface area contributed by atoms with Gasteiger partial charge in [-0.25, -0.2) is 8.42 Å². The largest absolute Gasteiger partial charge is 0.380 e. The summed E-state index contributed by atoms with van der Waals surface area (Å²) in [4.78, 5) is 0. The fraction of sp³-hybridized carbons (Fsp3) is 1.00. The van der Waals surface area contributed by atoms with E-state index < -0.39 is 10.0 Å². The molecule has 0 aromatic rings. The molecular weight excluding hydrogens is 252 g/mol. The van der Waals surface area contributed by atoms with Gasteiger partial charge in [0.25, 0.3) is 0 Å². The molecule has 0 aromatic heterocycles. The Hall–Kier alpha value is -0.170. The number of hydrogen-bond acceptors (Lipinski definition) is 4. The van der Waals surface area contributed by atoms with Gasteiger partial charge in [-0.1, -0.05) is 13.8 Å². The van der Waals surface area contributed by atoms with Crippen LogP contribution in [0, 0.1) is 0 Å². The molecule has 0 bridgehead atoms. The van der Waals surface area contributed by atoms with Crippen LogP contribution < -0.4 is 5.32 Å². The first-order valence-corrected chi connectivity index (χ1v) is 8.31. The third kappa shape index (κ3) is 5.22. The number of nitrogens with zero attached hydrogens (tertiary/aromatic N) is 1. The molecule has 0 spiro atoms. The predicted molar refractivity (Wildman–Crippen MR) is 73.1 cm³/mol. The summed E-state index contributed by atoms with van der Waals surface area (Å²) in [6.45, 7) is 6.26. The molecule has 18 heavy (non-hydrogen) atoms. The van der Waals surface area contributed by atoms with Crippen LogP contribution in [0.15, 0.2) is 0 Å². The first-order chi connectivity index (χ1) is 8.43. The van der Waals surface area contributed by atoms with Gasteiger partial charge < -0.3 is 10.1 Å². The van der Waals surface area contributed by atoms with Gasteiger partial charge in [0.05, 0.1) is 18.4 Å². The third-order valence-electron chi connectivity index (χ3n) is 3.24. The van der Waals surface area contributed by atoms with Gasteiger partial charge in [0.15, 0.2) is 0 Å². The van der Waals surface area contributed by atoms with Crippen LogP contribution in [-0.4, -0.2) is 57.4 Å². The van der Waals surface area contributed by atoms with Crippen LogP contribution in [0.5, 0.6) is 0 Å². The van der Waals surface area contributed by atoms with E-state index in [0.717, 1.165) is 19.4 Å². The van der Waals surface area contributed by atoms with Gasteiger partial charge in [0.1, 0.15) is 0 Å². The Morgan fingerprint density at radius 3 is 2.67 bits per heavy atom. The average Bonchev–Trinajstić information content (AvgIpc) is 2.80. The van der Waals surface area contributed by atoms with Crippen molar-refractivity contribution in [3.63, 3.8) is 0 Å². The maximum atomic E-state index is 12.1. The highest BCUT2D eigenvalue weighted by atomic mass is 32.2. The lowest BCUT2D eigenvalue weighted by molar-refractivity contribution is 0.181. The van der Waals surface area contributed by atoms with Crippen molar-refractivity contribution in [2.75, 3.05) is 32.6 Å². The summed E-state index contributed by atoms with van der Waals surface area (Å²) < 4.78 is 30.9. The summed E-state index contributed by atoms with van der Waals surface area (Å²) in [7, 11) is -1.45. The van der Waals surface area contributed by atoms with E-state index in [1.807, 2.05) is 0 Å². The van der Waals surface area contributed by atoms with Gasteiger partial charge in [-0.05, 0) is 25.8 Å². The van der Waals surface area contributed by atoms with Crippen molar-refractivity contribution < 1.29 is 13.2 Å². The quantitative estimate of drug-likeness (QED) is 0.668. The molecule has 0 aliphatic carbocycles. The summed E-state index contributed by atoms with van der Waals surface area (Å²) in [5.74, 6) is 0.236. The van der Waals surface area contributed by atoms with Gasteiger partial charge in [-0.3, -0.25) is 0 Å². The van der Waals surface area contributed by atoms with Crippen LogP contribution in [0.3, 0.4) is 0 Å². The van der Waals surface area contributed by atoms with Crippen LogP contribution in [-0.2, 0) is 14.8 Å². The predicted octanol–water partition coefficient (Wildman–Crippen LogP) is 0.815. The summed E-state index contributed by atoms with van der Waals surface area (Å²) in [6.07, 6.45) is 2.41. The highest BCUT2D eigenvalue weighted by molar-refractivity contribution is 7.89. The minimum atomic E-state index is -3.12. The monoisotopic (exact) mass is 278 g/mol. The van der Waals surface area contributed by atoms with E-state index in [4.69, 9.17) is 4.74 Å². The molecule has 0 amide bonds. The second-order valence-electron chi connectivity index (χ2n) is 5.17. The number of unbranched alkanes of at least 4 members (excludes halogenated alkanes) is 1. The van der Waals surface area contributed by atoms with Crippen molar-refractivity contribution >= 4 is 10.0 Å². The fourth-order valence-electron chi connectivity index (χ4n) is 1.98. The lowest BCUT2D eigenvalue weighted by Gasteiger charge is -2.22. The maximum absolute atomic E-state index is 12.1. The standard InChI is InChI=1S/C12H26N2O3S/c1-11(2)13-7-4-5-9-18(15,16)14(3)12-6-8-17-10-12/h11-13H,4-10H2,1-3H3. The number of rotatable bonds is 8. The maximum Gasteiger partial charge on any atom is 0.214 e. The second-order valence-corrected chi connectivity index (χ2v) is 7.31. The van der Waals surface area contributed by atoms with Crippen molar-refractivity contribution in [2.24, 2.45) is 0 Å². The molecule has 5 nitrogen and oxygen atoms in total. The zero-order valence-electron chi connectivity index (χ0n) is 11.7. The third-order valence-corrected chi connectivity index (χ3v) is 5.22. The lowest BCUT2D eigenvalue weighted by atomic mass is 10.3. The van der Waals surface area contributed by atoms with Crippen molar-refractivity contribution in [3.05, 3.63) is 0 Å². The molecule has 1 rings (SSSR count). The summed E-state index contributed by atoms with van der Waals surface area (Å²) in [5, 5.41) is 3.29. The molecule has 0 saturated carbocycles. The van der Waals surface area contributed by atoms with Gasteiger partial charge in [0, 0.05) is 19.7 Å². The van der Waals surface area contributed by atoms with Crippen molar-refractivity contribution in [2.45, 2.75) is 45.2 Å². The Balaban J connectivity index is 2.26. The Labute approximate surface area is 111 Å². The zero-order valence-corrected chi connectivity index (χ0v) is 12.5. The Bertz CT molecular complexity index is 324. The lowest BCUT2D eigenvalue weighted by Crippen LogP contribution is -2.38. The molecular formula is C12H26N2O3S. The first-order valence-electron chi connectivity index (χ1n) is 6.70. The summed E-state index contributed by atoms with van der Waals surface area (Å²) in [6, 6.07) is 0.490. The van der Waals surface area contributed by atoms with Crippen molar-refractivity contribution in [1.29, 1.82) is 0 Å². The van der Waals surface area contributed by atoms with E-state index in [1.54, 1.807) is 7.05 Å². The average molecular weight is 278 g/mol. The van der Waals surface area contributed by atoms with Gasteiger partial charge in [0.2, 0.25) is 10.0 Å². The van der Waals surface area contributed by atoms with Gasteiger partial charge >= 0.3 is 0 Å². The summed E-state index contributed by atoms with van der Waals surface area (Å²) >= 11 is 0. The van der Waals surface area contributed by atoms with Gasteiger partial charge in [-0.15, -0.1) is 0 Å². The van der Waals surface area contributed by atoms with Gasteiger partial charge in [-0.2, -0.15) is 4.31 Å². The van der Waals surface area contributed by atoms with Crippen LogP contribution in [0.25, 0.3) is 0 Å². The second kappa shape index (κ2) is 7.43. The van der Waals surface area contributed by atoms with E-state index in [9.17, 15) is 8.42 Å². The Morgan fingerprint density at radius 2 is 2.11 bits per heavy atom. The molecule has 1 heterocycles. The van der Waals surface area contributed by atoms with E-state index in [2.05, 4.69) is 19.2 Å². The molecule has 1 fully saturated rings. The molecule has 1 N–H and O–H groups in total. The molecule has 6 heteroatoms. The number of hydrogen-bond donors (Lipinski definition) is 1. The van der Waals surface area contributed by atoms with Crippen molar-refractivity contribution in [1.82, 2.24) is 9.62 Å². The van der Waals surface area contributed by atoms with Crippen molar-refractivity contribution in [3.8, 4) is 0 Å². The highest BCUT2D eigenvalue weighted by Crippen LogP contribution is 2.15. The highest BCUT2D eigenvalue weighted by Gasteiger charge is 2.28. The SMILES string of the molecule is CC(C)NCCCCS(=O)(=O)N(C)C1CCOC1. The number of nitrogens with one attached hydrogen (secondary N) is 1. The minimum Gasteiger partial charge on any atom is -0.380 e. The fourth-order valence-corrected chi connectivity index (χ4v) is 3.46. The molecule has 1 saturated heterocycles. The molecule has 1 aliphatic heterocycles. The topological polar surface area (TPSA) is 58.6 Å². The van der Waals surface area contributed by atoms with E-state index in [1.165, 1.54) is 4.31 Å². The normalized spacial score (nSPS) is 21.1. The molecule has 1 unspecified atom stereocenters. The van der Waals surface area contributed by atoms with Crippen LogP contribution in [0.2, 0.25) is 0 Å². The number of likely N-dealkylation sites (N-methyl/N-ethyl adjacent to an activating group) is 1. The molecule has 1 aliphatic rings. The van der Waals surface area contributed by atoms with E-state index in [-0.39, 0.29) is 11.8 Å². The molecule has 0 radical (unpaired) electrons. The van der Waals surface area contributed by atoms with E-state index in [0.29, 0.717) is 25.7 Å². The Morgan fingerprint density at radius 1 is 1.39 bits per heavy atom. The number of ether oxygens (including phenoxy) is 1. The molecule has 0 aromatic carbocycles. The first kappa shape index (κ1) is 15.9. The number of sulfonamides is 1.